The third kappa shape index (κ3) is 2.73. The predicted octanol–water partition coefficient (Wildman–Crippen LogP) is 1.23. The van der Waals surface area contributed by atoms with Gasteiger partial charge in [-0.3, -0.25) is 0 Å². The number of nitrogens with zero attached hydrogens (tertiary/aromatic N) is 1. The Morgan fingerprint density at radius 2 is 2.36 bits per heavy atom. The Morgan fingerprint density at radius 1 is 1.64 bits per heavy atom. The molecule has 1 aliphatic rings. The van der Waals surface area contributed by atoms with E-state index in [0.29, 0.717) is 0 Å². The number of rotatable bonds is 1. The third-order valence-electron chi connectivity index (χ3n) is 2.27. The lowest BCUT2D eigenvalue weighted by atomic mass is 10.2. The van der Waals surface area contributed by atoms with Crippen LogP contribution < -0.4 is 0 Å². The summed E-state index contributed by atoms with van der Waals surface area (Å²) in [6.07, 6.45) is 1.91. The molecule has 66 valence electrons. The Kier molecular flexibility index (Phi) is 3.82. The van der Waals surface area contributed by atoms with Crippen molar-refractivity contribution in [3.05, 3.63) is 0 Å². The molecule has 1 heterocycles. The zero-order chi connectivity index (χ0) is 8.27. The van der Waals surface area contributed by atoms with E-state index >= 15 is 0 Å². The average molecular weight is 222 g/mol. The minimum atomic E-state index is -0.147. The second kappa shape index (κ2) is 4.43. The van der Waals surface area contributed by atoms with E-state index in [0.717, 1.165) is 32.5 Å². The van der Waals surface area contributed by atoms with Crippen molar-refractivity contribution in [3.8, 4) is 0 Å². The summed E-state index contributed by atoms with van der Waals surface area (Å²) in [5.74, 6) is 0. The fourth-order valence-electron chi connectivity index (χ4n) is 1.45. The molecule has 1 rings (SSSR count). The normalized spacial score (nSPS) is 35.2. The van der Waals surface area contributed by atoms with Gasteiger partial charge in [-0.2, -0.15) is 0 Å². The van der Waals surface area contributed by atoms with E-state index in [2.05, 4.69) is 27.8 Å². The van der Waals surface area contributed by atoms with Gasteiger partial charge < -0.3 is 10.0 Å². The van der Waals surface area contributed by atoms with E-state index in [4.69, 9.17) is 0 Å². The molecule has 1 aliphatic heterocycles. The van der Waals surface area contributed by atoms with Crippen LogP contribution in [0.1, 0.15) is 19.8 Å². The van der Waals surface area contributed by atoms with Crippen LogP contribution in [0, 0.1) is 0 Å². The van der Waals surface area contributed by atoms with Gasteiger partial charge in [-0.15, -0.1) is 0 Å². The number of hydrogen-bond donors (Lipinski definition) is 1. The molecule has 0 aromatic rings. The first-order chi connectivity index (χ1) is 5.24. The first-order valence-corrected chi connectivity index (χ1v) is 5.20. The number of hydrogen-bond acceptors (Lipinski definition) is 2. The van der Waals surface area contributed by atoms with Crippen LogP contribution in [0.5, 0.6) is 0 Å². The summed E-state index contributed by atoms with van der Waals surface area (Å²) in [7, 11) is 0. The molecular weight excluding hydrogens is 206 g/mol. The molecule has 0 aromatic heterocycles. The van der Waals surface area contributed by atoms with Crippen molar-refractivity contribution in [2.75, 3.05) is 19.6 Å². The molecule has 1 fully saturated rings. The summed E-state index contributed by atoms with van der Waals surface area (Å²) in [5.41, 5.74) is 0. The highest BCUT2D eigenvalue weighted by molar-refractivity contribution is 9.09. The van der Waals surface area contributed by atoms with Gasteiger partial charge in [-0.1, -0.05) is 22.9 Å². The molecule has 0 bridgehead atoms. The van der Waals surface area contributed by atoms with Gasteiger partial charge in [0, 0.05) is 6.54 Å². The molecule has 0 aromatic carbocycles. The average Bonchev–Trinajstić information content (AvgIpc) is 2.15. The lowest BCUT2D eigenvalue weighted by Gasteiger charge is -2.20. The molecule has 0 radical (unpaired) electrons. The van der Waals surface area contributed by atoms with Crippen LogP contribution in [0.15, 0.2) is 0 Å². The summed E-state index contributed by atoms with van der Waals surface area (Å²) in [6, 6.07) is 0. The molecule has 2 nitrogen and oxygen atoms in total. The summed E-state index contributed by atoms with van der Waals surface area (Å²) in [5, 5.41) is 9.50. The molecule has 3 heteroatoms. The van der Waals surface area contributed by atoms with Gasteiger partial charge in [0.05, 0.1) is 10.9 Å². The highest BCUT2D eigenvalue weighted by Crippen LogP contribution is 2.17. The quantitative estimate of drug-likeness (QED) is 0.674. The largest absolute Gasteiger partial charge is 0.392 e. The second-order valence-corrected chi connectivity index (χ2v) is 4.29. The lowest BCUT2D eigenvalue weighted by molar-refractivity contribution is 0.164. The maximum Gasteiger partial charge on any atom is 0.0678 e. The number of alkyl halides is 1. The highest BCUT2D eigenvalue weighted by atomic mass is 79.9. The van der Waals surface area contributed by atoms with Crippen molar-refractivity contribution in [2.45, 2.75) is 30.7 Å². The SMILES string of the molecule is CCN1CCCC(O)C(Br)C1. The van der Waals surface area contributed by atoms with Crippen molar-refractivity contribution in [2.24, 2.45) is 0 Å². The minimum absolute atomic E-state index is 0.147. The Hall–Kier alpha value is 0.400. The number of likely N-dealkylation sites (tertiary alicyclic amines) is 1. The Labute approximate surface area is 76.7 Å². The molecule has 0 aliphatic carbocycles. The molecule has 0 amide bonds. The maximum absolute atomic E-state index is 9.50. The van der Waals surface area contributed by atoms with Gasteiger partial charge in [-0.25, -0.2) is 0 Å². The topological polar surface area (TPSA) is 23.5 Å². The monoisotopic (exact) mass is 221 g/mol. The van der Waals surface area contributed by atoms with Gasteiger partial charge in [0.2, 0.25) is 0 Å². The molecule has 0 spiro atoms. The van der Waals surface area contributed by atoms with Gasteiger partial charge in [0.1, 0.15) is 0 Å². The molecule has 11 heavy (non-hydrogen) atoms. The summed E-state index contributed by atoms with van der Waals surface area (Å²) in [6.45, 7) is 5.37. The van der Waals surface area contributed by atoms with E-state index in [9.17, 15) is 5.11 Å². The van der Waals surface area contributed by atoms with Crippen LogP contribution in [0.3, 0.4) is 0 Å². The van der Waals surface area contributed by atoms with Gasteiger partial charge >= 0.3 is 0 Å². The Balaban J connectivity index is 2.41. The van der Waals surface area contributed by atoms with Crippen molar-refractivity contribution >= 4 is 15.9 Å². The molecule has 2 atom stereocenters. The van der Waals surface area contributed by atoms with Crippen LogP contribution in [-0.4, -0.2) is 40.6 Å². The van der Waals surface area contributed by atoms with E-state index in [1.165, 1.54) is 0 Å². The van der Waals surface area contributed by atoms with Gasteiger partial charge in [0.25, 0.3) is 0 Å². The number of aliphatic hydroxyl groups is 1. The van der Waals surface area contributed by atoms with Crippen LogP contribution >= 0.6 is 15.9 Å². The minimum Gasteiger partial charge on any atom is -0.392 e. The molecule has 0 saturated carbocycles. The van der Waals surface area contributed by atoms with E-state index in [1.54, 1.807) is 0 Å². The van der Waals surface area contributed by atoms with Gasteiger partial charge in [-0.05, 0) is 25.9 Å². The van der Waals surface area contributed by atoms with Crippen LogP contribution in [0.25, 0.3) is 0 Å². The fourth-order valence-corrected chi connectivity index (χ4v) is 2.13. The summed E-state index contributed by atoms with van der Waals surface area (Å²) in [4.78, 5) is 2.64. The second-order valence-electron chi connectivity index (χ2n) is 3.12. The molecular formula is C8H16BrNO. The standard InChI is InChI=1S/C8H16BrNO/c1-2-10-5-3-4-8(11)7(9)6-10/h7-8,11H,2-6H2,1H3. The van der Waals surface area contributed by atoms with Crippen molar-refractivity contribution < 1.29 is 5.11 Å². The zero-order valence-corrected chi connectivity index (χ0v) is 8.55. The highest BCUT2D eigenvalue weighted by Gasteiger charge is 2.21. The van der Waals surface area contributed by atoms with E-state index in [-0.39, 0.29) is 10.9 Å². The first kappa shape index (κ1) is 9.49. The first-order valence-electron chi connectivity index (χ1n) is 4.28. The molecule has 2 unspecified atom stereocenters. The van der Waals surface area contributed by atoms with E-state index in [1.807, 2.05) is 0 Å². The zero-order valence-electron chi connectivity index (χ0n) is 6.96. The van der Waals surface area contributed by atoms with Crippen LogP contribution in [0.2, 0.25) is 0 Å². The summed E-state index contributed by atoms with van der Waals surface area (Å²) < 4.78 is 0. The molecule has 1 N–H and O–H groups in total. The van der Waals surface area contributed by atoms with Gasteiger partial charge in [0.15, 0.2) is 0 Å². The van der Waals surface area contributed by atoms with E-state index < -0.39 is 0 Å². The third-order valence-corrected chi connectivity index (χ3v) is 3.17. The van der Waals surface area contributed by atoms with Crippen molar-refractivity contribution in [3.63, 3.8) is 0 Å². The maximum atomic E-state index is 9.50. The number of aliphatic hydroxyl groups excluding tert-OH is 1. The van der Waals surface area contributed by atoms with Crippen LogP contribution in [-0.2, 0) is 0 Å². The smallest absolute Gasteiger partial charge is 0.0678 e. The number of halogens is 1. The predicted molar refractivity (Wildman–Crippen MR) is 50.1 cm³/mol. The van der Waals surface area contributed by atoms with Crippen LogP contribution in [0.4, 0.5) is 0 Å². The van der Waals surface area contributed by atoms with Crippen molar-refractivity contribution in [1.82, 2.24) is 4.90 Å². The molecule has 1 saturated heterocycles. The fraction of sp³-hybridized carbons (Fsp3) is 1.00. The Bertz CT molecular complexity index is 121. The lowest BCUT2D eigenvalue weighted by Crippen LogP contribution is -2.32. The Morgan fingerprint density at radius 3 is 3.00 bits per heavy atom. The summed E-state index contributed by atoms with van der Waals surface area (Å²) >= 11 is 3.49. The van der Waals surface area contributed by atoms with Crippen molar-refractivity contribution in [1.29, 1.82) is 0 Å².